The molecule has 12 heavy (non-hydrogen) atoms. The van der Waals surface area contributed by atoms with E-state index < -0.39 is 0 Å². The minimum atomic E-state index is 0.0924. The second-order valence-corrected chi connectivity index (χ2v) is 4.89. The third-order valence-electron chi connectivity index (χ3n) is 1.73. The SMILES string of the molecule is CC(=O)c1ccsc1C(C)(C)C. The fourth-order valence-electron chi connectivity index (χ4n) is 1.17. The monoisotopic (exact) mass is 182 g/mol. The van der Waals surface area contributed by atoms with Crippen LogP contribution in [0.15, 0.2) is 11.4 Å². The van der Waals surface area contributed by atoms with Crippen LogP contribution in [0.3, 0.4) is 0 Å². The van der Waals surface area contributed by atoms with Gasteiger partial charge in [-0.25, -0.2) is 0 Å². The summed E-state index contributed by atoms with van der Waals surface area (Å²) < 4.78 is 0. The van der Waals surface area contributed by atoms with Crippen LogP contribution in [0.1, 0.15) is 42.9 Å². The van der Waals surface area contributed by atoms with Crippen molar-refractivity contribution < 1.29 is 4.79 Å². The number of hydrogen-bond donors (Lipinski definition) is 0. The van der Waals surface area contributed by atoms with Crippen molar-refractivity contribution in [2.24, 2.45) is 0 Å². The van der Waals surface area contributed by atoms with Gasteiger partial charge in [-0.2, -0.15) is 0 Å². The molecular weight excluding hydrogens is 168 g/mol. The van der Waals surface area contributed by atoms with E-state index >= 15 is 0 Å². The summed E-state index contributed by atoms with van der Waals surface area (Å²) in [7, 11) is 0. The van der Waals surface area contributed by atoms with Crippen LogP contribution >= 0.6 is 11.3 Å². The molecule has 1 rings (SSSR count). The Kier molecular flexibility index (Phi) is 2.38. The molecule has 0 saturated carbocycles. The molecule has 0 aromatic carbocycles. The molecular formula is C10H14OS. The highest BCUT2D eigenvalue weighted by molar-refractivity contribution is 7.10. The Labute approximate surface area is 77.4 Å². The standard InChI is InChI=1S/C10H14OS/c1-7(11)8-5-6-12-9(8)10(2,3)4/h5-6H,1-4H3. The minimum absolute atomic E-state index is 0.0924. The van der Waals surface area contributed by atoms with Crippen LogP contribution in [0.25, 0.3) is 0 Å². The molecule has 1 heterocycles. The first-order valence-electron chi connectivity index (χ1n) is 4.02. The first-order valence-corrected chi connectivity index (χ1v) is 4.90. The highest BCUT2D eigenvalue weighted by Crippen LogP contribution is 2.30. The lowest BCUT2D eigenvalue weighted by Crippen LogP contribution is -2.12. The zero-order valence-electron chi connectivity index (χ0n) is 7.97. The summed E-state index contributed by atoms with van der Waals surface area (Å²) in [6.07, 6.45) is 0. The highest BCUT2D eigenvalue weighted by atomic mass is 32.1. The van der Waals surface area contributed by atoms with Gasteiger partial charge in [0.15, 0.2) is 5.78 Å². The molecule has 1 nitrogen and oxygen atoms in total. The maximum atomic E-state index is 11.2. The summed E-state index contributed by atoms with van der Waals surface area (Å²) in [4.78, 5) is 12.4. The molecule has 0 amide bonds. The maximum Gasteiger partial charge on any atom is 0.160 e. The molecule has 0 unspecified atom stereocenters. The quantitative estimate of drug-likeness (QED) is 0.609. The van der Waals surface area contributed by atoms with Crippen molar-refractivity contribution in [2.45, 2.75) is 33.1 Å². The lowest BCUT2D eigenvalue weighted by molar-refractivity contribution is 0.101. The number of ketones is 1. The van der Waals surface area contributed by atoms with Gasteiger partial charge in [0.25, 0.3) is 0 Å². The van der Waals surface area contributed by atoms with Gasteiger partial charge in [0.2, 0.25) is 0 Å². The molecule has 0 atom stereocenters. The van der Waals surface area contributed by atoms with E-state index in [1.54, 1.807) is 18.3 Å². The second-order valence-electron chi connectivity index (χ2n) is 3.97. The molecule has 1 aromatic rings. The third-order valence-corrected chi connectivity index (χ3v) is 3.07. The summed E-state index contributed by atoms with van der Waals surface area (Å²) in [5.41, 5.74) is 0.974. The van der Waals surface area contributed by atoms with Crippen molar-refractivity contribution >= 4 is 17.1 Å². The Balaban J connectivity index is 3.17. The first kappa shape index (κ1) is 9.46. The van der Waals surface area contributed by atoms with E-state index in [0.29, 0.717) is 0 Å². The number of carbonyl (C=O) groups excluding carboxylic acids is 1. The van der Waals surface area contributed by atoms with E-state index in [1.165, 1.54) is 4.88 Å². The lowest BCUT2D eigenvalue weighted by atomic mass is 9.91. The molecule has 0 aliphatic rings. The van der Waals surface area contributed by atoms with Gasteiger partial charge in [0.05, 0.1) is 0 Å². The van der Waals surface area contributed by atoms with Gasteiger partial charge in [-0.05, 0) is 23.8 Å². The van der Waals surface area contributed by atoms with Crippen molar-refractivity contribution in [3.05, 3.63) is 21.9 Å². The predicted molar refractivity (Wildman–Crippen MR) is 53.0 cm³/mol. The average molecular weight is 182 g/mol. The van der Waals surface area contributed by atoms with Crippen LogP contribution in [0.2, 0.25) is 0 Å². The van der Waals surface area contributed by atoms with E-state index in [0.717, 1.165) is 5.56 Å². The van der Waals surface area contributed by atoms with Crippen molar-refractivity contribution in [2.75, 3.05) is 0 Å². The molecule has 2 heteroatoms. The summed E-state index contributed by atoms with van der Waals surface area (Å²) in [5.74, 6) is 0.168. The number of thiophene rings is 1. The summed E-state index contributed by atoms with van der Waals surface area (Å²) >= 11 is 1.66. The lowest BCUT2D eigenvalue weighted by Gasteiger charge is -2.17. The molecule has 0 fully saturated rings. The van der Waals surface area contributed by atoms with E-state index in [-0.39, 0.29) is 11.2 Å². The topological polar surface area (TPSA) is 17.1 Å². The van der Waals surface area contributed by atoms with Crippen molar-refractivity contribution in [3.63, 3.8) is 0 Å². The number of carbonyl (C=O) groups is 1. The van der Waals surface area contributed by atoms with Crippen molar-refractivity contribution in [1.82, 2.24) is 0 Å². The van der Waals surface area contributed by atoms with Gasteiger partial charge in [0, 0.05) is 10.4 Å². The third kappa shape index (κ3) is 1.75. The number of rotatable bonds is 1. The summed E-state index contributed by atoms with van der Waals surface area (Å²) in [5, 5.41) is 1.98. The molecule has 0 N–H and O–H groups in total. The Morgan fingerprint density at radius 3 is 2.33 bits per heavy atom. The smallest absolute Gasteiger partial charge is 0.160 e. The zero-order valence-corrected chi connectivity index (χ0v) is 8.79. The van der Waals surface area contributed by atoms with Gasteiger partial charge in [-0.15, -0.1) is 11.3 Å². The Bertz CT molecular complexity index is 291. The Hall–Kier alpha value is -0.630. The largest absolute Gasteiger partial charge is 0.294 e. The Morgan fingerprint density at radius 1 is 1.42 bits per heavy atom. The van der Waals surface area contributed by atoms with E-state index in [4.69, 9.17) is 0 Å². The molecule has 0 saturated heterocycles. The van der Waals surface area contributed by atoms with Crippen LogP contribution in [-0.4, -0.2) is 5.78 Å². The van der Waals surface area contributed by atoms with Gasteiger partial charge in [0.1, 0.15) is 0 Å². The molecule has 1 aromatic heterocycles. The summed E-state index contributed by atoms with van der Waals surface area (Å²) in [6, 6.07) is 1.91. The van der Waals surface area contributed by atoms with E-state index in [1.807, 2.05) is 11.4 Å². The maximum absolute atomic E-state index is 11.2. The molecule has 0 radical (unpaired) electrons. The second kappa shape index (κ2) is 3.02. The van der Waals surface area contributed by atoms with Crippen LogP contribution in [0, 0.1) is 0 Å². The average Bonchev–Trinajstić information content (AvgIpc) is 2.30. The summed E-state index contributed by atoms with van der Waals surface area (Å²) in [6.45, 7) is 8.01. The molecule has 66 valence electrons. The molecule has 0 spiro atoms. The van der Waals surface area contributed by atoms with Gasteiger partial charge in [-0.1, -0.05) is 20.8 Å². The first-order chi connectivity index (χ1) is 5.43. The van der Waals surface area contributed by atoms with Crippen LogP contribution in [0.5, 0.6) is 0 Å². The van der Waals surface area contributed by atoms with Gasteiger partial charge < -0.3 is 0 Å². The highest BCUT2D eigenvalue weighted by Gasteiger charge is 2.20. The zero-order chi connectivity index (χ0) is 9.35. The van der Waals surface area contributed by atoms with E-state index in [9.17, 15) is 4.79 Å². The minimum Gasteiger partial charge on any atom is -0.294 e. The van der Waals surface area contributed by atoms with Gasteiger partial charge >= 0.3 is 0 Å². The van der Waals surface area contributed by atoms with E-state index in [2.05, 4.69) is 20.8 Å². The van der Waals surface area contributed by atoms with Gasteiger partial charge in [-0.3, -0.25) is 4.79 Å². The normalized spacial score (nSPS) is 11.7. The fraction of sp³-hybridized carbons (Fsp3) is 0.500. The number of hydrogen-bond acceptors (Lipinski definition) is 2. The number of Topliss-reactive ketones (excluding diaryl/α,β-unsaturated/α-hetero) is 1. The Morgan fingerprint density at radius 2 is 2.00 bits per heavy atom. The molecule has 0 aliphatic heterocycles. The van der Waals surface area contributed by atoms with Crippen LogP contribution in [0.4, 0.5) is 0 Å². The van der Waals surface area contributed by atoms with Crippen molar-refractivity contribution in [1.29, 1.82) is 0 Å². The van der Waals surface area contributed by atoms with Crippen LogP contribution < -0.4 is 0 Å². The molecule has 0 aliphatic carbocycles. The van der Waals surface area contributed by atoms with Crippen LogP contribution in [-0.2, 0) is 5.41 Å². The predicted octanol–water partition coefficient (Wildman–Crippen LogP) is 3.25. The van der Waals surface area contributed by atoms with Crippen molar-refractivity contribution in [3.8, 4) is 0 Å². The molecule has 0 bridgehead atoms. The fourth-order valence-corrected chi connectivity index (χ4v) is 2.20.